The predicted octanol–water partition coefficient (Wildman–Crippen LogP) is 1.63. The van der Waals surface area contributed by atoms with Gasteiger partial charge in [0.05, 0.1) is 10.4 Å². The van der Waals surface area contributed by atoms with Gasteiger partial charge >= 0.3 is 11.6 Å². The smallest absolute Gasteiger partial charge is 0.345 e. The summed E-state index contributed by atoms with van der Waals surface area (Å²) in [5.41, 5.74) is -0.0126. The Kier molecular flexibility index (Phi) is 9.29. The number of unbranched alkanes of at least 4 members (excludes halogenated alkanes) is 2. The lowest BCUT2D eigenvalue weighted by Gasteiger charge is -2.15. The zero-order chi connectivity index (χ0) is 30.8. The highest BCUT2D eigenvalue weighted by molar-refractivity contribution is 7.92. The second-order valence-corrected chi connectivity index (χ2v) is 14.0. The van der Waals surface area contributed by atoms with Crippen molar-refractivity contribution in [1.29, 1.82) is 0 Å². The summed E-state index contributed by atoms with van der Waals surface area (Å²) in [7, 11) is -8.64. The Bertz CT molecular complexity index is 1810. The fourth-order valence-corrected chi connectivity index (χ4v) is 7.32. The van der Waals surface area contributed by atoms with Crippen LogP contribution in [0.3, 0.4) is 0 Å². The molecule has 3 aromatic rings. The Balaban J connectivity index is 1.37. The fraction of sp³-hybridized carbons (Fsp3) is 0.360. The lowest BCUT2D eigenvalue weighted by molar-refractivity contribution is -0.197. The Hall–Kier alpha value is -3.48. The molecule has 14 nitrogen and oxygen atoms in total. The molecule has 1 aliphatic heterocycles. The van der Waals surface area contributed by atoms with E-state index in [-0.39, 0.29) is 41.3 Å². The van der Waals surface area contributed by atoms with Gasteiger partial charge in [-0.2, -0.15) is 0 Å². The van der Waals surface area contributed by atoms with Gasteiger partial charge in [-0.1, -0.05) is 18.6 Å². The average Bonchev–Trinajstić information content (AvgIpc) is 3.50. The molecule has 0 saturated carbocycles. The summed E-state index contributed by atoms with van der Waals surface area (Å²) in [6.07, 6.45) is 2.11. The molecule has 1 unspecified atom stereocenters. The first-order valence-corrected chi connectivity index (χ1v) is 16.6. The first kappa shape index (κ1) is 31.5. The number of nitrogens with one attached hydrogen (secondary N) is 1. The lowest BCUT2D eigenvalue weighted by atomic mass is 10.0. The highest BCUT2D eigenvalue weighted by Gasteiger charge is 2.32. The molecule has 17 heteroatoms. The number of sulfonamides is 2. The first-order chi connectivity index (χ1) is 19.6. The van der Waals surface area contributed by atoms with E-state index in [1.54, 1.807) is 18.2 Å². The van der Waals surface area contributed by atoms with Crippen LogP contribution in [0, 0.1) is 0 Å². The van der Waals surface area contributed by atoms with Gasteiger partial charge in [-0.15, -0.1) is 16.4 Å². The second-order valence-electron chi connectivity index (χ2n) is 9.63. The van der Waals surface area contributed by atoms with Crippen molar-refractivity contribution in [3.8, 4) is 10.4 Å². The third-order valence-corrected chi connectivity index (χ3v) is 10.1. The van der Waals surface area contributed by atoms with E-state index in [0.29, 0.717) is 41.2 Å². The molecule has 2 amide bonds. The van der Waals surface area contributed by atoms with Crippen LogP contribution in [0.2, 0.25) is 0 Å². The summed E-state index contributed by atoms with van der Waals surface area (Å²) in [6.45, 7) is 2.52. The molecule has 2 aromatic heterocycles. The molecule has 0 spiro atoms. The van der Waals surface area contributed by atoms with Crippen LogP contribution in [-0.2, 0) is 39.3 Å². The van der Waals surface area contributed by atoms with Crippen molar-refractivity contribution in [2.45, 2.75) is 60.6 Å². The summed E-state index contributed by atoms with van der Waals surface area (Å²) in [4.78, 5) is 51.8. The highest BCUT2D eigenvalue weighted by atomic mass is 32.2. The van der Waals surface area contributed by atoms with Crippen LogP contribution in [0.25, 0.3) is 21.4 Å². The maximum atomic E-state index is 12.8. The number of thiophene rings is 1. The van der Waals surface area contributed by atoms with Crippen LogP contribution in [0.1, 0.15) is 57.1 Å². The molecule has 1 saturated heterocycles. The molecule has 4 rings (SSSR count). The maximum absolute atomic E-state index is 12.8. The molecule has 1 atom stereocenters. The highest BCUT2D eigenvalue weighted by Crippen LogP contribution is 2.36. The van der Waals surface area contributed by atoms with Gasteiger partial charge in [0, 0.05) is 30.7 Å². The summed E-state index contributed by atoms with van der Waals surface area (Å²) in [5.74, 6) is -1.67. The van der Waals surface area contributed by atoms with E-state index in [0.717, 1.165) is 18.1 Å². The van der Waals surface area contributed by atoms with Crippen LogP contribution in [-0.4, -0.2) is 46.2 Å². The standard InChI is InChI=1S/C25H28N4O10S3/c1-14(28-10-4-2-3-5-22(32)39-29-20(30)8-9-21(29)31)15-6-7-16-11-17(25(33)38-18(16)12-15)24-19(41(26,34)35)13-23(40-24)42(27,36)37/h6-7,11-14,28H,2-5,8-10H2,1H3,(H2,26,34,35)(H2,27,36,37). The molecule has 1 aliphatic rings. The zero-order valence-corrected chi connectivity index (χ0v) is 24.8. The third-order valence-electron chi connectivity index (χ3n) is 6.47. The molecular formula is C25H28N4O10S3. The van der Waals surface area contributed by atoms with Gasteiger partial charge < -0.3 is 14.6 Å². The molecule has 42 heavy (non-hydrogen) atoms. The van der Waals surface area contributed by atoms with Crippen LogP contribution >= 0.6 is 11.3 Å². The van der Waals surface area contributed by atoms with E-state index in [9.17, 15) is 36.0 Å². The Morgan fingerprint density at radius 3 is 2.36 bits per heavy atom. The molecule has 0 aliphatic carbocycles. The van der Waals surface area contributed by atoms with Crippen molar-refractivity contribution < 1.29 is 40.5 Å². The quantitative estimate of drug-likeness (QED) is 0.146. The Morgan fingerprint density at radius 2 is 1.71 bits per heavy atom. The maximum Gasteiger partial charge on any atom is 0.345 e. The lowest BCUT2D eigenvalue weighted by Crippen LogP contribution is -2.31. The number of fused-ring (bicyclic) bond motifs is 1. The number of carbonyl (C=O) groups excluding carboxylic acids is 3. The van der Waals surface area contributed by atoms with Gasteiger partial charge in [-0.3, -0.25) is 9.59 Å². The Labute approximate surface area is 244 Å². The van der Waals surface area contributed by atoms with Gasteiger partial charge in [0.2, 0.25) is 20.0 Å². The van der Waals surface area contributed by atoms with E-state index in [1.165, 1.54) is 6.07 Å². The number of hydroxylamine groups is 2. The number of primary sulfonamides is 2. The summed E-state index contributed by atoms with van der Waals surface area (Å²) < 4.78 is 52.7. The van der Waals surface area contributed by atoms with Crippen molar-refractivity contribution in [3.05, 3.63) is 46.3 Å². The summed E-state index contributed by atoms with van der Waals surface area (Å²) in [6, 6.07) is 7.22. The largest absolute Gasteiger partial charge is 0.422 e. The van der Waals surface area contributed by atoms with Crippen LogP contribution < -0.4 is 21.2 Å². The number of benzene rings is 1. The van der Waals surface area contributed by atoms with E-state index in [4.69, 9.17) is 19.5 Å². The molecule has 226 valence electrons. The fourth-order valence-electron chi connectivity index (χ4n) is 4.26. The molecule has 0 radical (unpaired) electrons. The van der Waals surface area contributed by atoms with Crippen molar-refractivity contribution in [2.75, 3.05) is 6.54 Å². The van der Waals surface area contributed by atoms with E-state index in [1.807, 2.05) is 6.92 Å². The molecular weight excluding hydrogens is 612 g/mol. The molecule has 1 aromatic carbocycles. The number of carbonyl (C=O) groups is 3. The number of nitrogens with zero attached hydrogens (tertiary/aromatic N) is 1. The second kappa shape index (κ2) is 12.4. The van der Waals surface area contributed by atoms with Crippen LogP contribution in [0.5, 0.6) is 0 Å². The number of imide groups is 1. The van der Waals surface area contributed by atoms with E-state index in [2.05, 4.69) is 5.32 Å². The number of rotatable bonds is 12. The molecule has 3 heterocycles. The van der Waals surface area contributed by atoms with Gasteiger partial charge in [0.1, 0.15) is 14.7 Å². The van der Waals surface area contributed by atoms with Crippen molar-refractivity contribution in [2.24, 2.45) is 10.3 Å². The molecule has 1 fully saturated rings. The third kappa shape index (κ3) is 7.29. The van der Waals surface area contributed by atoms with Crippen molar-refractivity contribution in [3.63, 3.8) is 0 Å². The number of nitrogens with two attached hydrogens (primary N) is 2. The zero-order valence-electron chi connectivity index (χ0n) is 22.3. The number of amides is 2. The summed E-state index contributed by atoms with van der Waals surface area (Å²) in [5, 5.41) is 14.7. The number of hydrogen-bond acceptors (Lipinski definition) is 12. The van der Waals surface area contributed by atoms with Crippen molar-refractivity contribution in [1.82, 2.24) is 10.4 Å². The first-order valence-electron chi connectivity index (χ1n) is 12.7. The minimum atomic E-state index is -4.39. The molecule has 0 bridgehead atoms. The normalized spacial score (nSPS) is 15.0. The topological polar surface area (TPSA) is 226 Å². The van der Waals surface area contributed by atoms with Gasteiger partial charge in [0.15, 0.2) is 0 Å². The monoisotopic (exact) mass is 640 g/mol. The SMILES string of the molecule is CC(NCCCCCC(=O)ON1C(=O)CCC1=O)c1ccc2cc(-c3sc(S(N)(=O)=O)cc3S(N)(=O)=O)c(=O)oc2c1. The van der Waals surface area contributed by atoms with Gasteiger partial charge in [0.25, 0.3) is 11.8 Å². The minimum absolute atomic E-state index is 0.0435. The van der Waals surface area contributed by atoms with Gasteiger partial charge in [-0.05, 0) is 50.1 Å². The minimum Gasteiger partial charge on any atom is -0.422 e. The average molecular weight is 641 g/mol. The molecule has 5 N–H and O–H groups in total. The van der Waals surface area contributed by atoms with Crippen LogP contribution in [0.15, 0.2) is 48.6 Å². The summed E-state index contributed by atoms with van der Waals surface area (Å²) >= 11 is 0.504. The Morgan fingerprint density at radius 1 is 1.02 bits per heavy atom. The van der Waals surface area contributed by atoms with Crippen molar-refractivity contribution >= 4 is 60.1 Å². The predicted molar refractivity (Wildman–Crippen MR) is 151 cm³/mol. The van der Waals surface area contributed by atoms with Gasteiger partial charge in [-0.25, -0.2) is 36.7 Å². The van der Waals surface area contributed by atoms with E-state index < -0.39 is 52.6 Å². The number of hydrogen-bond donors (Lipinski definition) is 3. The van der Waals surface area contributed by atoms with E-state index >= 15 is 0 Å². The van der Waals surface area contributed by atoms with Crippen LogP contribution in [0.4, 0.5) is 0 Å².